The Hall–Kier alpha value is -1.81. The number of nitrogens with one attached hydrogen (secondary N) is 1. The minimum Gasteiger partial charge on any atom is -0.472 e. The van der Waals surface area contributed by atoms with E-state index in [2.05, 4.69) is 19.2 Å². The lowest BCUT2D eigenvalue weighted by atomic mass is 10.1. The second-order valence-electron chi connectivity index (χ2n) is 5.26. The summed E-state index contributed by atoms with van der Waals surface area (Å²) in [5.41, 5.74) is 2.67. The van der Waals surface area contributed by atoms with Gasteiger partial charge in [-0.3, -0.25) is 0 Å². The van der Waals surface area contributed by atoms with Crippen molar-refractivity contribution in [1.29, 1.82) is 0 Å². The van der Waals surface area contributed by atoms with Crippen LogP contribution < -0.4 is 10.2 Å². The summed E-state index contributed by atoms with van der Waals surface area (Å²) in [6, 6.07) is 7.44. The highest BCUT2D eigenvalue weighted by atomic mass is 19.1. The minimum atomic E-state index is -0.172. The second-order valence-corrected chi connectivity index (χ2v) is 5.26. The van der Waals surface area contributed by atoms with Crippen LogP contribution in [-0.4, -0.2) is 13.1 Å². The van der Waals surface area contributed by atoms with E-state index in [1.165, 1.54) is 6.07 Å². The molecule has 0 saturated heterocycles. The molecule has 1 aromatic carbocycles. The fraction of sp³-hybridized carbons (Fsp3) is 0.375. The van der Waals surface area contributed by atoms with Crippen molar-refractivity contribution in [2.24, 2.45) is 0 Å². The van der Waals surface area contributed by atoms with Crippen molar-refractivity contribution in [3.05, 3.63) is 53.7 Å². The maximum absolute atomic E-state index is 14.1. The molecule has 0 fully saturated rings. The monoisotopic (exact) mass is 276 g/mol. The Balaban J connectivity index is 2.19. The fourth-order valence-electron chi connectivity index (χ4n) is 2.13. The van der Waals surface area contributed by atoms with Crippen LogP contribution in [0.2, 0.25) is 0 Å². The minimum absolute atomic E-state index is 0.172. The van der Waals surface area contributed by atoms with Crippen molar-refractivity contribution in [2.45, 2.75) is 33.0 Å². The third kappa shape index (κ3) is 3.61. The van der Waals surface area contributed by atoms with Gasteiger partial charge in [-0.15, -0.1) is 0 Å². The normalized spacial score (nSPS) is 11.1. The number of anilines is 1. The zero-order valence-corrected chi connectivity index (χ0v) is 12.2. The molecular weight excluding hydrogens is 255 g/mol. The lowest BCUT2D eigenvalue weighted by Crippen LogP contribution is -2.25. The zero-order chi connectivity index (χ0) is 14.5. The van der Waals surface area contributed by atoms with Crippen molar-refractivity contribution in [1.82, 2.24) is 5.32 Å². The fourth-order valence-corrected chi connectivity index (χ4v) is 2.13. The predicted molar refractivity (Wildman–Crippen MR) is 79.2 cm³/mol. The molecule has 0 spiro atoms. The average molecular weight is 276 g/mol. The van der Waals surface area contributed by atoms with E-state index in [0.717, 1.165) is 11.3 Å². The van der Waals surface area contributed by atoms with Crippen LogP contribution >= 0.6 is 0 Å². The van der Waals surface area contributed by atoms with Gasteiger partial charge < -0.3 is 14.6 Å². The number of rotatable bonds is 6. The van der Waals surface area contributed by atoms with Crippen LogP contribution in [-0.2, 0) is 13.1 Å². The van der Waals surface area contributed by atoms with Crippen LogP contribution in [0.25, 0.3) is 0 Å². The summed E-state index contributed by atoms with van der Waals surface area (Å²) in [4.78, 5) is 2.03. The molecule has 1 N–H and O–H groups in total. The van der Waals surface area contributed by atoms with E-state index < -0.39 is 0 Å². The molecule has 0 unspecified atom stereocenters. The summed E-state index contributed by atoms with van der Waals surface area (Å²) in [6.07, 6.45) is 3.36. The average Bonchev–Trinajstić information content (AvgIpc) is 2.89. The van der Waals surface area contributed by atoms with Gasteiger partial charge in [-0.05, 0) is 18.2 Å². The molecule has 0 saturated carbocycles. The Morgan fingerprint density at radius 3 is 2.75 bits per heavy atom. The molecule has 20 heavy (non-hydrogen) atoms. The van der Waals surface area contributed by atoms with Gasteiger partial charge in [-0.25, -0.2) is 4.39 Å². The second kappa shape index (κ2) is 6.57. The molecule has 0 atom stereocenters. The first-order valence-electron chi connectivity index (χ1n) is 6.81. The van der Waals surface area contributed by atoms with E-state index in [-0.39, 0.29) is 5.82 Å². The maximum Gasteiger partial charge on any atom is 0.129 e. The van der Waals surface area contributed by atoms with Gasteiger partial charge in [0.1, 0.15) is 5.82 Å². The summed E-state index contributed by atoms with van der Waals surface area (Å²) in [6.45, 7) is 5.31. The van der Waals surface area contributed by atoms with E-state index in [1.807, 2.05) is 24.1 Å². The van der Waals surface area contributed by atoms with Gasteiger partial charge in [-0.2, -0.15) is 0 Å². The third-order valence-corrected chi connectivity index (χ3v) is 3.19. The highest BCUT2D eigenvalue weighted by molar-refractivity contribution is 5.54. The lowest BCUT2D eigenvalue weighted by Gasteiger charge is -2.23. The summed E-state index contributed by atoms with van der Waals surface area (Å²) in [5.74, 6) is -0.172. The number of furan rings is 1. The molecule has 108 valence electrons. The van der Waals surface area contributed by atoms with E-state index in [4.69, 9.17) is 4.42 Å². The number of hydrogen-bond acceptors (Lipinski definition) is 3. The maximum atomic E-state index is 14.1. The van der Waals surface area contributed by atoms with Crippen LogP contribution in [0.3, 0.4) is 0 Å². The van der Waals surface area contributed by atoms with Crippen molar-refractivity contribution in [2.75, 3.05) is 11.9 Å². The van der Waals surface area contributed by atoms with Crippen LogP contribution in [0, 0.1) is 5.82 Å². The molecule has 0 aliphatic carbocycles. The molecule has 1 aromatic heterocycles. The Kier molecular flexibility index (Phi) is 4.79. The summed E-state index contributed by atoms with van der Waals surface area (Å²) < 4.78 is 19.1. The molecule has 0 amide bonds. The Morgan fingerprint density at radius 2 is 2.10 bits per heavy atom. The molecule has 3 nitrogen and oxygen atoms in total. The van der Waals surface area contributed by atoms with E-state index in [0.29, 0.717) is 24.7 Å². The predicted octanol–water partition coefficient (Wildman–Crippen LogP) is 3.55. The molecule has 2 aromatic rings. The molecule has 4 heteroatoms. The van der Waals surface area contributed by atoms with Crippen LogP contribution in [0.5, 0.6) is 0 Å². The first-order valence-corrected chi connectivity index (χ1v) is 6.81. The summed E-state index contributed by atoms with van der Waals surface area (Å²) >= 11 is 0. The molecule has 0 bridgehead atoms. The molecule has 2 rings (SSSR count). The van der Waals surface area contributed by atoms with Gasteiger partial charge in [0.25, 0.3) is 0 Å². The summed E-state index contributed by atoms with van der Waals surface area (Å²) in [7, 11) is 1.96. The van der Waals surface area contributed by atoms with Crippen molar-refractivity contribution >= 4 is 5.69 Å². The molecule has 0 aliphatic rings. The number of hydrogen-bond donors (Lipinski definition) is 1. The standard InChI is InChI=1S/C16H21FN2O/c1-12(2)18-9-14-15(17)5-4-6-16(14)19(3)10-13-7-8-20-11-13/h4-8,11-12,18H,9-10H2,1-3H3. The molecule has 0 aliphatic heterocycles. The van der Waals surface area contributed by atoms with Gasteiger partial charge in [0.2, 0.25) is 0 Å². The highest BCUT2D eigenvalue weighted by Crippen LogP contribution is 2.24. The Morgan fingerprint density at radius 1 is 1.30 bits per heavy atom. The van der Waals surface area contributed by atoms with Crippen LogP contribution in [0.15, 0.2) is 41.2 Å². The van der Waals surface area contributed by atoms with Gasteiger partial charge in [-0.1, -0.05) is 19.9 Å². The van der Waals surface area contributed by atoms with Gasteiger partial charge in [0.05, 0.1) is 12.5 Å². The largest absolute Gasteiger partial charge is 0.472 e. The molecule has 0 radical (unpaired) electrons. The van der Waals surface area contributed by atoms with Gasteiger partial charge in [0.15, 0.2) is 0 Å². The van der Waals surface area contributed by atoms with Gasteiger partial charge >= 0.3 is 0 Å². The lowest BCUT2D eigenvalue weighted by molar-refractivity contribution is 0.552. The van der Waals surface area contributed by atoms with E-state index in [9.17, 15) is 4.39 Å². The summed E-state index contributed by atoms with van der Waals surface area (Å²) in [5, 5.41) is 3.27. The van der Waals surface area contributed by atoms with E-state index >= 15 is 0 Å². The third-order valence-electron chi connectivity index (χ3n) is 3.19. The topological polar surface area (TPSA) is 28.4 Å². The zero-order valence-electron chi connectivity index (χ0n) is 12.2. The van der Waals surface area contributed by atoms with Crippen molar-refractivity contribution < 1.29 is 8.81 Å². The van der Waals surface area contributed by atoms with Crippen molar-refractivity contribution in [3.63, 3.8) is 0 Å². The molecule has 1 heterocycles. The Labute approximate surface area is 119 Å². The highest BCUT2D eigenvalue weighted by Gasteiger charge is 2.13. The number of benzene rings is 1. The van der Waals surface area contributed by atoms with E-state index in [1.54, 1.807) is 18.6 Å². The van der Waals surface area contributed by atoms with Crippen LogP contribution in [0.4, 0.5) is 10.1 Å². The number of halogens is 1. The van der Waals surface area contributed by atoms with Crippen molar-refractivity contribution in [3.8, 4) is 0 Å². The smallest absolute Gasteiger partial charge is 0.129 e. The Bertz CT molecular complexity index is 537. The van der Waals surface area contributed by atoms with Crippen LogP contribution in [0.1, 0.15) is 25.0 Å². The SMILES string of the molecule is CC(C)NCc1c(F)cccc1N(C)Cc1ccoc1. The quantitative estimate of drug-likeness (QED) is 0.874. The first-order chi connectivity index (χ1) is 9.58. The molecular formula is C16H21FN2O. The van der Waals surface area contributed by atoms with Gasteiger partial charge in [0, 0.05) is 43.0 Å². The first kappa shape index (κ1) is 14.6. The number of nitrogens with zero attached hydrogens (tertiary/aromatic N) is 1.